The maximum atomic E-state index is 5.76. The molecule has 0 heterocycles. The summed E-state index contributed by atoms with van der Waals surface area (Å²) in [6.07, 6.45) is 26.2. The van der Waals surface area contributed by atoms with Gasteiger partial charge in [-0.3, -0.25) is 0 Å². The molecule has 0 radical (unpaired) electrons. The van der Waals surface area contributed by atoms with Gasteiger partial charge in [-0.15, -0.1) is 0 Å². The van der Waals surface area contributed by atoms with Crippen molar-refractivity contribution in [1.29, 1.82) is 0 Å². The van der Waals surface area contributed by atoms with Crippen molar-refractivity contribution in [2.75, 3.05) is 13.2 Å². The van der Waals surface area contributed by atoms with Crippen LogP contribution in [-0.2, 0) is 4.74 Å². The molecule has 0 aliphatic heterocycles. The molecule has 0 aromatic rings. The minimum Gasteiger partial charge on any atom is -0.373 e. The third-order valence-electron chi connectivity index (χ3n) is 6.42. The molecule has 0 amide bonds. The summed E-state index contributed by atoms with van der Waals surface area (Å²) in [5, 5.41) is 0. The first-order valence-electron chi connectivity index (χ1n) is 11.2. The van der Waals surface area contributed by atoms with Crippen LogP contribution < -0.4 is 0 Å². The van der Waals surface area contributed by atoms with Crippen LogP contribution in [0.5, 0.6) is 0 Å². The van der Waals surface area contributed by atoms with E-state index in [1.807, 2.05) is 0 Å². The van der Waals surface area contributed by atoms with Crippen molar-refractivity contribution in [1.82, 2.24) is 0 Å². The Hall–Kier alpha value is -0.560. The van der Waals surface area contributed by atoms with Gasteiger partial charge in [0.05, 0.1) is 13.2 Å². The molecule has 0 spiro atoms. The second-order valence-corrected chi connectivity index (χ2v) is 8.53. The summed E-state index contributed by atoms with van der Waals surface area (Å²) >= 11 is 0. The lowest BCUT2D eigenvalue weighted by Gasteiger charge is -2.26. The predicted molar refractivity (Wildman–Crippen MR) is 110 cm³/mol. The molecule has 0 aromatic heterocycles. The largest absolute Gasteiger partial charge is 0.373 e. The second-order valence-electron chi connectivity index (χ2n) is 8.53. The highest BCUT2D eigenvalue weighted by atomic mass is 16.5. The van der Waals surface area contributed by atoms with Crippen molar-refractivity contribution >= 4 is 0 Å². The van der Waals surface area contributed by atoms with Gasteiger partial charge in [-0.2, -0.15) is 0 Å². The minimum atomic E-state index is 0.780. The van der Waals surface area contributed by atoms with Crippen LogP contribution in [0.2, 0.25) is 0 Å². The lowest BCUT2D eigenvalue weighted by molar-refractivity contribution is 0.192. The van der Waals surface area contributed by atoms with Crippen molar-refractivity contribution in [3.8, 4) is 0 Å². The van der Waals surface area contributed by atoms with E-state index in [2.05, 4.69) is 38.2 Å². The normalized spacial score (nSPS) is 31.1. The molecule has 2 saturated carbocycles. The maximum Gasteiger partial charge on any atom is 0.0651 e. The lowest BCUT2D eigenvalue weighted by Crippen LogP contribution is -2.13. The van der Waals surface area contributed by atoms with Crippen LogP contribution in [0.3, 0.4) is 0 Å². The molecule has 2 fully saturated rings. The van der Waals surface area contributed by atoms with Crippen LogP contribution >= 0.6 is 0 Å². The molecule has 1 heteroatoms. The zero-order valence-corrected chi connectivity index (χ0v) is 16.9. The third kappa shape index (κ3) is 8.58. The first-order chi connectivity index (χ1) is 12.3. The Bertz CT molecular complexity index is 332. The molecule has 0 saturated heterocycles. The van der Waals surface area contributed by atoms with E-state index in [0.29, 0.717) is 0 Å². The Morgan fingerprint density at radius 3 is 1.40 bits per heavy atom. The summed E-state index contributed by atoms with van der Waals surface area (Å²) in [6.45, 7) is 6.19. The number of ether oxygens (including phenoxy) is 1. The van der Waals surface area contributed by atoms with E-state index in [-0.39, 0.29) is 0 Å². The third-order valence-corrected chi connectivity index (χ3v) is 6.42. The van der Waals surface area contributed by atoms with Gasteiger partial charge in [0.2, 0.25) is 0 Å². The van der Waals surface area contributed by atoms with Crippen LogP contribution in [0.25, 0.3) is 0 Å². The Morgan fingerprint density at radius 2 is 1.04 bits per heavy atom. The summed E-state index contributed by atoms with van der Waals surface area (Å²) in [6, 6.07) is 0. The van der Waals surface area contributed by atoms with E-state index in [1.54, 1.807) is 0 Å². The van der Waals surface area contributed by atoms with E-state index in [1.165, 1.54) is 77.0 Å². The summed E-state index contributed by atoms with van der Waals surface area (Å²) in [5.41, 5.74) is 0. The molecule has 0 aromatic carbocycles. The quantitative estimate of drug-likeness (QED) is 0.297. The summed E-state index contributed by atoms with van der Waals surface area (Å²) < 4.78 is 5.76. The van der Waals surface area contributed by atoms with Gasteiger partial charge in [0, 0.05) is 0 Å². The summed E-state index contributed by atoms with van der Waals surface area (Å²) in [4.78, 5) is 0. The number of allylic oxidation sites excluding steroid dienone is 2. The Morgan fingerprint density at radius 1 is 0.640 bits per heavy atom. The molecular formula is C24H42O. The number of hydrogen-bond acceptors (Lipinski definition) is 1. The van der Waals surface area contributed by atoms with E-state index >= 15 is 0 Å². The van der Waals surface area contributed by atoms with Crippen molar-refractivity contribution in [3.63, 3.8) is 0 Å². The molecule has 144 valence electrons. The van der Waals surface area contributed by atoms with E-state index in [4.69, 9.17) is 4.74 Å². The van der Waals surface area contributed by atoms with Gasteiger partial charge in [0.15, 0.2) is 0 Å². The zero-order valence-electron chi connectivity index (χ0n) is 16.9. The average Bonchev–Trinajstić information content (AvgIpc) is 2.64. The molecule has 0 unspecified atom stereocenters. The van der Waals surface area contributed by atoms with Crippen LogP contribution in [0.4, 0.5) is 0 Å². The van der Waals surface area contributed by atoms with E-state index < -0.39 is 0 Å². The highest BCUT2D eigenvalue weighted by molar-refractivity contribution is 4.93. The predicted octanol–water partition coefficient (Wildman–Crippen LogP) is 7.33. The molecular weight excluding hydrogens is 304 g/mol. The van der Waals surface area contributed by atoms with Crippen LogP contribution in [-0.4, -0.2) is 13.2 Å². The summed E-state index contributed by atoms with van der Waals surface area (Å²) in [5.74, 6) is 3.64. The molecule has 25 heavy (non-hydrogen) atoms. The van der Waals surface area contributed by atoms with Gasteiger partial charge in [-0.1, -0.05) is 63.8 Å². The Labute approximate surface area is 157 Å². The SMILES string of the molecule is CCCC1CCC(/C=C/COC/C=C/C2CCC(CCC)CC2)CC1. The average molecular weight is 347 g/mol. The van der Waals surface area contributed by atoms with E-state index in [9.17, 15) is 0 Å². The minimum absolute atomic E-state index is 0.780. The molecule has 0 bridgehead atoms. The number of hydrogen-bond donors (Lipinski definition) is 0. The monoisotopic (exact) mass is 346 g/mol. The zero-order chi connectivity index (χ0) is 17.7. The fourth-order valence-corrected chi connectivity index (χ4v) is 4.86. The molecule has 0 atom stereocenters. The van der Waals surface area contributed by atoms with Gasteiger partial charge in [0.25, 0.3) is 0 Å². The Balaban J connectivity index is 1.48. The fourth-order valence-electron chi connectivity index (χ4n) is 4.86. The van der Waals surface area contributed by atoms with Gasteiger partial charge < -0.3 is 4.74 Å². The number of rotatable bonds is 10. The molecule has 2 rings (SSSR count). The molecule has 0 N–H and O–H groups in total. The van der Waals surface area contributed by atoms with Gasteiger partial charge in [-0.05, 0) is 75.0 Å². The van der Waals surface area contributed by atoms with E-state index in [0.717, 1.165) is 36.9 Å². The van der Waals surface area contributed by atoms with Gasteiger partial charge >= 0.3 is 0 Å². The Kier molecular flexibility index (Phi) is 10.6. The smallest absolute Gasteiger partial charge is 0.0651 e. The molecule has 2 aliphatic carbocycles. The van der Waals surface area contributed by atoms with Crippen LogP contribution in [0.1, 0.15) is 90.9 Å². The van der Waals surface area contributed by atoms with Gasteiger partial charge in [-0.25, -0.2) is 0 Å². The van der Waals surface area contributed by atoms with Crippen molar-refractivity contribution in [3.05, 3.63) is 24.3 Å². The van der Waals surface area contributed by atoms with Gasteiger partial charge in [0.1, 0.15) is 0 Å². The van der Waals surface area contributed by atoms with Crippen molar-refractivity contribution in [2.45, 2.75) is 90.9 Å². The first-order valence-corrected chi connectivity index (χ1v) is 11.2. The molecule has 2 aliphatic rings. The first kappa shape index (κ1) is 20.7. The maximum absolute atomic E-state index is 5.76. The van der Waals surface area contributed by atoms with Crippen LogP contribution in [0.15, 0.2) is 24.3 Å². The highest BCUT2D eigenvalue weighted by Crippen LogP contribution is 2.33. The lowest BCUT2D eigenvalue weighted by atomic mass is 9.80. The fraction of sp³-hybridized carbons (Fsp3) is 0.833. The summed E-state index contributed by atoms with van der Waals surface area (Å²) in [7, 11) is 0. The van der Waals surface area contributed by atoms with Crippen molar-refractivity contribution in [2.24, 2.45) is 23.7 Å². The molecule has 1 nitrogen and oxygen atoms in total. The highest BCUT2D eigenvalue weighted by Gasteiger charge is 2.19. The van der Waals surface area contributed by atoms with Crippen molar-refractivity contribution < 1.29 is 4.74 Å². The van der Waals surface area contributed by atoms with Crippen LogP contribution in [0, 0.1) is 23.7 Å². The second kappa shape index (κ2) is 12.7. The topological polar surface area (TPSA) is 9.23 Å². The standard InChI is InChI=1S/C24H42O/c1-3-7-21-11-15-23(16-12-21)9-5-19-25-20-6-10-24-17-13-22(8-4-2)14-18-24/h5-6,9-10,21-24H,3-4,7-8,11-20H2,1-2H3/b9-5+,10-6+.